The molecule has 2 N–H and O–H groups in total. The Morgan fingerprint density at radius 2 is 1.93 bits per heavy atom. The summed E-state index contributed by atoms with van der Waals surface area (Å²) in [6.45, 7) is 15.9. The first-order valence-electron chi connectivity index (χ1n) is 11.1. The van der Waals surface area contributed by atoms with Crippen LogP contribution in [0, 0.1) is 0 Å². The molecule has 0 aliphatic carbocycles. The lowest BCUT2D eigenvalue weighted by atomic mass is 10.1. The third-order valence-electron chi connectivity index (χ3n) is 5.27. The minimum absolute atomic E-state index is 0.00881. The van der Waals surface area contributed by atoms with E-state index in [1.807, 2.05) is 20.8 Å². The number of likely N-dealkylation sites (tertiary alicyclic amines) is 2. The first-order valence-corrected chi connectivity index (χ1v) is 11.1. The van der Waals surface area contributed by atoms with Gasteiger partial charge in [-0.1, -0.05) is 13.3 Å². The summed E-state index contributed by atoms with van der Waals surface area (Å²) in [6.07, 6.45) is 5.39. The molecule has 0 aromatic carbocycles. The number of hydrogen-bond acceptors (Lipinski definition) is 4. The van der Waals surface area contributed by atoms with Crippen molar-refractivity contribution in [2.75, 3.05) is 39.3 Å². The molecular weight excluding hydrogens is 354 g/mol. The Morgan fingerprint density at radius 3 is 2.54 bits per heavy atom. The van der Waals surface area contributed by atoms with Gasteiger partial charge in [0.05, 0.1) is 12.6 Å². The average molecular weight is 396 g/mol. The molecule has 0 radical (unpaired) electrons. The molecule has 2 atom stereocenters. The molecule has 0 spiro atoms. The summed E-state index contributed by atoms with van der Waals surface area (Å²) in [4.78, 5) is 22.0. The Labute approximate surface area is 171 Å². The van der Waals surface area contributed by atoms with Gasteiger partial charge in [-0.2, -0.15) is 0 Å². The summed E-state index contributed by atoms with van der Waals surface area (Å²) in [5.74, 6) is 0.969. The van der Waals surface area contributed by atoms with Crippen molar-refractivity contribution < 1.29 is 9.53 Å². The lowest BCUT2D eigenvalue weighted by molar-refractivity contribution is 0.0503. The molecule has 162 valence electrons. The van der Waals surface area contributed by atoms with Crippen molar-refractivity contribution in [2.24, 2.45) is 4.99 Å². The van der Waals surface area contributed by atoms with Crippen LogP contribution in [-0.2, 0) is 4.74 Å². The van der Waals surface area contributed by atoms with Gasteiger partial charge >= 0.3 is 6.09 Å². The number of nitrogens with one attached hydrogen (secondary N) is 2. The summed E-state index contributed by atoms with van der Waals surface area (Å²) in [5, 5.41) is 6.43. The van der Waals surface area contributed by atoms with Crippen LogP contribution in [0.3, 0.4) is 0 Å². The number of rotatable bonds is 7. The minimum atomic E-state index is -0.487. The summed E-state index contributed by atoms with van der Waals surface area (Å²) in [5.41, 5.74) is -0.487. The lowest BCUT2D eigenvalue weighted by Crippen LogP contribution is -2.44. The largest absolute Gasteiger partial charge is 0.444 e. The van der Waals surface area contributed by atoms with Gasteiger partial charge in [0.2, 0.25) is 0 Å². The van der Waals surface area contributed by atoms with E-state index in [2.05, 4.69) is 34.3 Å². The first-order chi connectivity index (χ1) is 13.3. The van der Waals surface area contributed by atoms with E-state index in [-0.39, 0.29) is 12.1 Å². The summed E-state index contributed by atoms with van der Waals surface area (Å²) >= 11 is 0. The molecular formula is C21H41N5O2. The smallest absolute Gasteiger partial charge is 0.407 e. The Kier molecular flexibility index (Phi) is 8.86. The predicted octanol–water partition coefficient (Wildman–Crippen LogP) is 2.82. The van der Waals surface area contributed by atoms with E-state index in [1.165, 1.54) is 32.4 Å². The molecule has 7 heteroatoms. The maximum Gasteiger partial charge on any atom is 0.407 e. The highest BCUT2D eigenvalue weighted by atomic mass is 16.6. The second kappa shape index (κ2) is 10.9. The Morgan fingerprint density at radius 1 is 1.21 bits per heavy atom. The zero-order valence-electron chi connectivity index (χ0n) is 18.6. The number of carbonyl (C=O) groups excluding carboxylic acids is 1. The number of alkyl carbamates (subject to hydrolysis) is 1. The lowest BCUT2D eigenvalue weighted by Gasteiger charge is -2.26. The van der Waals surface area contributed by atoms with Crippen molar-refractivity contribution in [3.8, 4) is 0 Å². The van der Waals surface area contributed by atoms with Crippen molar-refractivity contribution in [2.45, 2.75) is 84.4 Å². The molecule has 2 aliphatic rings. The van der Waals surface area contributed by atoms with Crippen LogP contribution in [0.5, 0.6) is 0 Å². The number of nitrogens with zero attached hydrogens (tertiary/aromatic N) is 3. The summed E-state index contributed by atoms with van der Waals surface area (Å²) in [6, 6.07) is 0.642. The summed E-state index contributed by atoms with van der Waals surface area (Å²) in [7, 11) is 0. The highest BCUT2D eigenvalue weighted by Crippen LogP contribution is 2.20. The van der Waals surface area contributed by atoms with Crippen LogP contribution in [-0.4, -0.2) is 78.8 Å². The van der Waals surface area contributed by atoms with Crippen LogP contribution in [0.2, 0.25) is 0 Å². The molecule has 0 aromatic rings. The summed E-state index contributed by atoms with van der Waals surface area (Å²) < 4.78 is 5.41. The van der Waals surface area contributed by atoms with Crippen molar-refractivity contribution in [1.82, 2.24) is 20.4 Å². The second-order valence-corrected chi connectivity index (χ2v) is 8.96. The highest BCUT2D eigenvalue weighted by Gasteiger charge is 2.30. The van der Waals surface area contributed by atoms with E-state index in [0.29, 0.717) is 12.6 Å². The molecule has 1 amide bonds. The van der Waals surface area contributed by atoms with E-state index >= 15 is 0 Å². The maximum atomic E-state index is 12.1. The van der Waals surface area contributed by atoms with Crippen LogP contribution < -0.4 is 10.6 Å². The second-order valence-electron chi connectivity index (χ2n) is 8.96. The van der Waals surface area contributed by atoms with Gasteiger partial charge in [0.1, 0.15) is 5.60 Å². The fourth-order valence-electron chi connectivity index (χ4n) is 3.99. The van der Waals surface area contributed by atoms with E-state index in [9.17, 15) is 4.79 Å². The molecule has 0 bridgehead atoms. The molecule has 2 fully saturated rings. The predicted molar refractivity (Wildman–Crippen MR) is 115 cm³/mol. The Bertz CT molecular complexity index is 511. The van der Waals surface area contributed by atoms with Gasteiger partial charge in [0, 0.05) is 25.7 Å². The van der Waals surface area contributed by atoms with Crippen LogP contribution in [0.15, 0.2) is 4.99 Å². The molecule has 2 aliphatic heterocycles. The topological polar surface area (TPSA) is 69.2 Å². The third kappa shape index (κ3) is 7.49. The molecule has 28 heavy (non-hydrogen) atoms. The van der Waals surface area contributed by atoms with E-state index in [1.54, 1.807) is 0 Å². The number of guanidine groups is 1. The zero-order valence-corrected chi connectivity index (χ0v) is 18.6. The number of amides is 1. The Balaban J connectivity index is 1.93. The number of carbonyl (C=O) groups is 1. The molecule has 2 rings (SSSR count). The maximum absolute atomic E-state index is 12.1. The van der Waals surface area contributed by atoms with Crippen LogP contribution >= 0.6 is 0 Å². The van der Waals surface area contributed by atoms with Gasteiger partial charge in [-0.3, -0.25) is 9.89 Å². The van der Waals surface area contributed by atoms with Gasteiger partial charge in [-0.05, 0) is 66.5 Å². The number of ether oxygens (including phenoxy) is 1. The van der Waals surface area contributed by atoms with Gasteiger partial charge in [0.25, 0.3) is 0 Å². The Hall–Kier alpha value is -1.50. The first kappa shape index (κ1) is 22.8. The molecule has 7 nitrogen and oxygen atoms in total. The average Bonchev–Trinajstić information content (AvgIpc) is 3.27. The molecule has 0 saturated carbocycles. The van der Waals surface area contributed by atoms with Crippen LogP contribution in [0.1, 0.15) is 66.7 Å². The number of aliphatic imine (C=N–C) groups is 1. The quantitative estimate of drug-likeness (QED) is 0.512. The normalized spacial score (nSPS) is 22.4. The zero-order chi connectivity index (χ0) is 20.6. The van der Waals surface area contributed by atoms with Gasteiger partial charge in [0.15, 0.2) is 5.96 Å². The van der Waals surface area contributed by atoms with Crippen molar-refractivity contribution >= 4 is 12.1 Å². The molecule has 2 heterocycles. The minimum Gasteiger partial charge on any atom is -0.444 e. The van der Waals surface area contributed by atoms with E-state index < -0.39 is 5.60 Å². The van der Waals surface area contributed by atoms with Crippen LogP contribution in [0.25, 0.3) is 0 Å². The fourth-order valence-corrected chi connectivity index (χ4v) is 3.99. The van der Waals surface area contributed by atoms with Gasteiger partial charge in [-0.15, -0.1) is 0 Å². The van der Waals surface area contributed by atoms with E-state index in [4.69, 9.17) is 9.73 Å². The molecule has 0 aromatic heterocycles. The monoisotopic (exact) mass is 395 g/mol. The van der Waals surface area contributed by atoms with Crippen molar-refractivity contribution in [3.05, 3.63) is 0 Å². The molecule has 2 unspecified atom stereocenters. The van der Waals surface area contributed by atoms with Gasteiger partial charge < -0.3 is 20.3 Å². The highest BCUT2D eigenvalue weighted by molar-refractivity contribution is 5.80. The van der Waals surface area contributed by atoms with E-state index in [0.717, 1.165) is 38.4 Å². The van der Waals surface area contributed by atoms with Crippen LogP contribution in [0.4, 0.5) is 4.79 Å². The standard InChI is InChI=1S/C21H41N5O2/c1-6-10-17(24-20(27)28-21(3,4)5)15-23-19(22-7-2)26-14-11-18(16-26)25-12-8-9-13-25/h17-18H,6-16H2,1-5H3,(H,22,23)(H,24,27). The SMILES string of the molecule is CCCC(CN=C(NCC)N1CCC(N2CCCC2)C1)NC(=O)OC(C)(C)C. The van der Waals surface area contributed by atoms with Gasteiger partial charge in [-0.25, -0.2) is 4.79 Å². The number of hydrogen-bond donors (Lipinski definition) is 2. The van der Waals surface area contributed by atoms with Crippen molar-refractivity contribution in [3.63, 3.8) is 0 Å². The third-order valence-corrected chi connectivity index (χ3v) is 5.27. The fraction of sp³-hybridized carbons (Fsp3) is 0.905. The van der Waals surface area contributed by atoms with Crippen molar-refractivity contribution in [1.29, 1.82) is 0 Å². The molecule has 2 saturated heterocycles.